The van der Waals surface area contributed by atoms with Gasteiger partial charge < -0.3 is 0 Å². The van der Waals surface area contributed by atoms with Crippen LogP contribution in [0.25, 0.3) is 0 Å². The third-order valence-electron chi connectivity index (χ3n) is 0.566. The van der Waals surface area contributed by atoms with Gasteiger partial charge >= 0.3 is 0 Å². The van der Waals surface area contributed by atoms with Crippen LogP contribution in [0.4, 0.5) is 0 Å². The molecule has 0 saturated heterocycles. The van der Waals surface area contributed by atoms with Crippen LogP contribution in [0.2, 0.25) is 0 Å². The zero-order valence-corrected chi connectivity index (χ0v) is 6.33. The molecule has 0 aromatic carbocycles. The smallest absolute Gasteiger partial charge is 0.0267 e. The molecule has 1 rings (SSSR count). The molecule has 0 N–H and O–H groups in total. The predicted molar refractivity (Wildman–Crippen MR) is 30.0 cm³/mol. The summed E-state index contributed by atoms with van der Waals surface area (Å²) >= 11 is 0. The van der Waals surface area contributed by atoms with Crippen LogP contribution in [0.3, 0.4) is 0 Å². The molecule has 0 aliphatic rings. The Hall–Kier alpha value is -0.214. The van der Waals surface area contributed by atoms with E-state index in [-0.39, 0.29) is 19.8 Å². The van der Waals surface area contributed by atoms with Gasteiger partial charge in [0.15, 0.2) is 0 Å². The van der Waals surface area contributed by atoms with Crippen LogP contribution in [-0.4, -0.2) is 24.8 Å². The molecule has 1 aromatic heterocycles. The van der Waals surface area contributed by atoms with E-state index in [2.05, 4.69) is 4.98 Å². The number of hydrogen-bond acceptors (Lipinski definition) is 1. The van der Waals surface area contributed by atoms with Crippen LogP contribution in [0.5, 0.6) is 0 Å². The predicted octanol–water partition coefficient (Wildman–Crippen LogP) is 0.701. The summed E-state index contributed by atoms with van der Waals surface area (Å²) in [6, 6.07) is 5.72. The third kappa shape index (κ3) is 2.48. The van der Waals surface area contributed by atoms with Crippen LogP contribution in [-0.2, 0) is 0 Å². The van der Waals surface area contributed by atoms with Crippen molar-refractivity contribution in [3.63, 3.8) is 0 Å². The molecule has 1 nitrogen and oxygen atoms in total. The summed E-state index contributed by atoms with van der Waals surface area (Å²) in [6.45, 7) is 0. The minimum Gasteiger partial charge on any atom is -0.265 e. The summed E-state index contributed by atoms with van der Waals surface area (Å²) < 4.78 is 0. The van der Waals surface area contributed by atoms with Crippen molar-refractivity contribution in [2.45, 2.75) is 0 Å². The molecule has 2 heteroatoms. The van der Waals surface area contributed by atoms with Crippen molar-refractivity contribution < 1.29 is 0 Å². The molecule has 7 heavy (non-hydrogen) atoms. The summed E-state index contributed by atoms with van der Waals surface area (Å²) in [5.41, 5.74) is 0. The van der Waals surface area contributed by atoms with Crippen molar-refractivity contribution in [2.24, 2.45) is 0 Å². The quantitative estimate of drug-likeness (QED) is 0.494. The first-order chi connectivity index (χ1) is 3.00. The molecule has 0 saturated carbocycles. The number of pyridine rings is 1. The maximum atomic E-state index is 3.78. The Labute approximate surface area is 55.8 Å². The topological polar surface area (TPSA) is 12.9 Å². The van der Waals surface area contributed by atoms with E-state index in [1.807, 2.05) is 18.2 Å². The number of aromatic nitrogens is 1. The van der Waals surface area contributed by atoms with Crippen molar-refractivity contribution in [2.75, 3.05) is 0 Å². The summed E-state index contributed by atoms with van der Waals surface area (Å²) in [7, 11) is 0. The number of rotatable bonds is 0. The fourth-order valence-electron chi connectivity index (χ4n) is 0.313. The summed E-state index contributed by atoms with van der Waals surface area (Å²) in [4.78, 5) is 3.78. The van der Waals surface area contributed by atoms with E-state index in [1.165, 1.54) is 0 Å². The molecular formula is C5H5GaN. The number of hydrogen-bond donors (Lipinski definition) is 0. The first-order valence-corrected chi connectivity index (χ1v) is 1.85. The average molecular weight is 149 g/mol. The first-order valence-electron chi connectivity index (χ1n) is 1.85. The Morgan fingerprint density at radius 2 is 1.43 bits per heavy atom. The van der Waals surface area contributed by atoms with Crippen LogP contribution in [0, 0.1) is 0 Å². The fraction of sp³-hybridized carbons (Fsp3) is 0. The molecule has 0 fully saturated rings. The minimum atomic E-state index is 0. The van der Waals surface area contributed by atoms with Crippen LogP contribution < -0.4 is 0 Å². The molecule has 0 amide bonds. The van der Waals surface area contributed by atoms with Crippen molar-refractivity contribution in [3.8, 4) is 0 Å². The Kier molecular flexibility index (Phi) is 3.84. The van der Waals surface area contributed by atoms with Crippen molar-refractivity contribution in [3.05, 3.63) is 30.6 Å². The maximum absolute atomic E-state index is 3.78. The zero-order valence-electron chi connectivity index (χ0n) is 3.91. The summed E-state index contributed by atoms with van der Waals surface area (Å²) in [5.74, 6) is 0. The summed E-state index contributed by atoms with van der Waals surface area (Å²) in [6.07, 6.45) is 3.50. The van der Waals surface area contributed by atoms with E-state index < -0.39 is 0 Å². The van der Waals surface area contributed by atoms with Gasteiger partial charge in [-0.1, -0.05) is 6.07 Å². The van der Waals surface area contributed by atoms with Crippen molar-refractivity contribution in [1.82, 2.24) is 4.98 Å². The van der Waals surface area contributed by atoms with Gasteiger partial charge in [0.2, 0.25) is 0 Å². The van der Waals surface area contributed by atoms with Crippen LogP contribution >= 0.6 is 0 Å². The standard InChI is InChI=1S/C5H5N.Ga/c1-2-4-6-5-3-1;/h1-5H;. The van der Waals surface area contributed by atoms with E-state index in [0.717, 1.165) is 0 Å². The molecule has 33 valence electrons. The van der Waals surface area contributed by atoms with Gasteiger partial charge in [0.1, 0.15) is 0 Å². The summed E-state index contributed by atoms with van der Waals surface area (Å²) in [5, 5.41) is 0. The Balaban J connectivity index is 0.000000360. The minimum absolute atomic E-state index is 0. The van der Waals surface area contributed by atoms with Gasteiger partial charge in [0, 0.05) is 32.2 Å². The molecule has 0 spiro atoms. The van der Waals surface area contributed by atoms with Crippen molar-refractivity contribution in [1.29, 1.82) is 0 Å². The van der Waals surface area contributed by atoms with Gasteiger partial charge in [0.25, 0.3) is 0 Å². The van der Waals surface area contributed by atoms with E-state index >= 15 is 0 Å². The average Bonchev–Trinajstić information content (AvgIpc) is 1.72. The second-order valence-electron chi connectivity index (χ2n) is 1.02. The molecular weight excluding hydrogens is 144 g/mol. The fourth-order valence-corrected chi connectivity index (χ4v) is 0.313. The van der Waals surface area contributed by atoms with Gasteiger partial charge in [-0.15, -0.1) is 0 Å². The molecule has 0 atom stereocenters. The molecule has 1 aromatic rings. The molecule has 0 unspecified atom stereocenters. The normalized spacial score (nSPS) is 6.86. The van der Waals surface area contributed by atoms with Gasteiger partial charge in [-0.25, -0.2) is 0 Å². The molecule has 0 aliphatic heterocycles. The maximum Gasteiger partial charge on any atom is 0.0267 e. The van der Waals surface area contributed by atoms with Gasteiger partial charge in [0.05, 0.1) is 0 Å². The number of nitrogens with zero attached hydrogens (tertiary/aromatic N) is 1. The van der Waals surface area contributed by atoms with E-state index in [0.29, 0.717) is 0 Å². The Bertz CT molecular complexity index is 80.0. The van der Waals surface area contributed by atoms with E-state index in [4.69, 9.17) is 0 Å². The monoisotopic (exact) mass is 148 g/mol. The second-order valence-corrected chi connectivity index (χ2v) is 1.02. The largest absolute Gasteiger partial charge is 0.265 e. The second kappa shape index (κ2) is 3.96. The van der Waals surface area contributed by atoms with E-state index in [9.17, 15) is 0 Å². The molecule has 0 aliphatic carbocycles. The van der Waals surface area contributed by atoms with Crippen molar-refractivity contribution >= 4 is 19.8 Å². The zero-order chi connectivity index (χ0) is 4.24. The molecule has 1 heterocycles. The Morgan fingerprint density at radius 3 is 1.57 bits per heavy atom. The first kappa shape index (κ1) is 6.79. The van der Waals surface area contributed by atoms with Gasteiger partial charge in [-0.3, -0.25) is 4.98 Å². The van der Waals surface area contributed by atoms with Gasteiger partial charge in [-0.2, -0.15) is 0 Å². The van der Waals surface area contributed by atoms with Crippen LogP contribution in [0.1, 0.15) is 0 Å². The van der Waals surface area contributed by atoms with Crippen LogP contribution in [0.15, 0.2) is 30.6 Å². The van der Waals surface area contributed by atoms with E-state index in [1.54, 1.807) is 12.4 Å². The SMILES string of the molecule is [Ga].c1ccncc1. The van der Waals surface area contributed by atoms with Gasteiger partial charge in [-0.05, 0) is 12.1 Å². The third-order valence-corrected chi connectivity index (χ3v) is 0.566. The Morgan fingerprint density at radius 1 is 0.857 bits per heavy atom. The molecule has 3 radical (unpaired) electrons. The molecule has 0 bridgehead atoms.